The Labute approximate surface area is 179 Å². The van der Waals surface area contributed by atoms with Gasteiger partial charge in [-0.05, 0) is 48.9 Å². The summed E-state index contributed by atoms with van der Waals surface area (Å²) in [4.78, 5) is 27.6. The predicted molar refractivity (Wildman–Crippen MR) is 106 cm³/mol. The number of aromatic nitrogens is 3. The van der Waals surface area contributed by atoms with Gasteiger partial charge in [0.15, 0.2) is 0 Å². The van der Waals surface area contributed by atoms with Crippen LogP contribution in [0.2, 0.25) is 0 Å². The van der Waals surface area contributed by atoms with E-state index < -0.39 is 37.7 Å². The second-order valence-electron chi connectivity index (χ2n) is 6.68. The van der Waals surface area contributed by atoms with Crippen molar-refractivity contribution in [1.29, 1.82) is 0 Å². The lowest BCUT2D eigenvalue weighted by Gasteiger charge is -2.09. The number of nitrogens with one attached hydrogen (secondary N) is 1. The Morgan fingerprint density at radius 3 is 2.38 bits per heavy atom. The van der Waals surface area contributed by atoms with Crippen molar-refractivity contribution in [3.8, 4) is 11.6 Å². The molecule has 0 radical (unpaired) electrons. The van der Waals surface area contributed by atoms with Crippen molar-refractivity contribution in [3.63, 3.8) is 0 Å². The van der Waals surface area contributed by atoms with Gasteiger partial charge in [-0.3, -0.25) is 14.3 Å². The van der Waals surface area contributed by atoms with Gasteiger partial charge in [-0.15, -0.1) is 0 Å². The first-order chi connectivity index (χ1) is 14.9. The normalized spacial score (nSPS) is 12.0. The number of carbonyl (C=O) groups excluding carboxylic acids is 1. The number of hydrogen-bond donors (Lipinski definition) is 2. The van der Waals surface area contributed by atoms with Crippen LogP contribution in [0, 0.1) is 6.92 Å². The first kappa shape index (κ1) is 23.1. The van der Waals surface area contributed by atoms with E-state index in [4.69, 9.17) is 0 Å². The fourth-order valence-electron chi connectivity index (χ4n) is 2.97. The van der Waals surface area contributed by atoms with Gasteiger partial charge in [0.25, 0.3) is 15.7 Å². The van der Waals surface area contributed by atoms with Crippen LogP contribution in [0.5, 0.6) is 5.88 Å². The summed E-state index contributed by atoms with van der Waals surface area (Å²) < 4.78 is 63.2. The van der Waals surface area contributed by atoms with Crippen LogP contribution in [-0.4, -0.2) is 46.1 Å². The molecular weight excluding hydrogens is 453 g/mol. The molecule has 0 aliphatic rings. The Bertz CT molecular complexity index is 1340. The minimum Gasteiger partial charge on any atom is -0.493 e. The molecule has 0 saturated heterocycles. The zero-order chi connectivity index (χ0) is 23.8. The second-order valence-corrected chi connectivity index (χ2v) is 8.63. The molecule has 0 aliphatic carbocycles. The summed E-state index contributed by atoms with van der Waals surface area (Å²) in [7, 11) is -4.11. The maximum Gasteiger partial charge on any atom is 0.501 e. The van der Waals surface area contributed by atoms with Crippen molar-refractivity contribution >= 4 is 15.7 Å². The van der Waals surface area contributed by atoms with Crippen LogP contribution in [0.4, 0.5) is 13.2 Å². The third-order valence-electron chi connectivity index (χ3n) is 4.70. The largest absolute Gasteiger partial charge is 0.501 e. The molecule has 0 atom stereocenters. The molecule has 2 N–H and O–H groups in total. The quantitative estimate of drug-likeness (QED) is 0.586. The minimum atomic E-state index is -5.55. The summed E-state index contributed by atoms with van der Waals surface area (Å²) >= 11 is 0. The molecule has 0 bridgehead atoms. The SMILES string of the molecule is CNC(=O)c1cc(Cn2c(C)c(O)n(-c3ccc(S(=O)(=O)C(F)(F)F)cc3)c2=O)ccn1. The Morgan fingerprint density at radius 2 is 1.81 bits per heavy atom. The highest BCUT2D eigenvalue weighted by Crippen LogP contribution is 2.31. The average molecular weight is 470 g/mol. The summed E-state index contributed by atoms with van der Waals surface area (Å²) in [5, 5.41) is 12.9. The molecule has 32 heavy (non-hydrogen) atoms. The van der Waals surface area contributed by atoms with E-state index in [1.54, 1.807) is 6.07 Å². The summed E-state index contributed by atoms with van der Waals surface area (Å²) in [6.45, 7) is 1.43. The van der Waals surface area contributed by atoms with E-state index in [9.17, 15) is 36.3 Å². The third kappa shape index (κ3) is 3.98. The fourth-order valence-corrected chi connectivity index (χ4v) is 3.73. The number of benzene rings is 1. The number of pyridine rings is 1. The van der Waals surface area contributed by atoms with Gasteiger partial charge in [0.2, 0.25) is 5.88 Å². The lowest BCUT2D eigenvalue weighted by Crippen LogP contribution is -2.25. The molecule has 3 aromatic rings. The number of nitrogens with zero attached hydrogens (tertiary/aromatic N) is 3. The number of imidazole rings is 1. The summed E-state index contributed by atoms with van der Waals surface area (Å²) in [5.41, 5.74) is -5.40. The van der Waals surface area contributed by atoms with E-state index in [0.29, 0.717) is 17.7 Å². The van der Waals surface area contributed by atoms with E-state index in [1.165, 1.54) is 30.8 Å². The lowest BCUT2D eigenvalue weighted by atomic mass is 10.2. The van der Waals surface area contributed by atoms with Crippen LogP contribution in [0.15, 0.2) is 52.3 Å². The first-order valence-corrected chi connectivity index (χ1v) is 10.5. The van der Waals surface area contributed by atoms with Crippen LogP contribution in [0.25, 0.3) is 5.69 Å². The van der Waals surface area contributed by atoms with E-state index in [1.807, 2.05) is 0 Å². The van der Waals surface area contributed by atoms with Gasteiger partial charge in [-0.2, -0.15) is 13.2 Å². The van der Waals surface area contributed by atoms with Crippen molar-refractivity contribution in [2.24, 2.45) is 0 Å². The van der Waals surface area contributed by atoms with Crippen molar-refractivity contribution in [3.05, 3.63) is 70.0 Å². The summed E-state index contributed by atoms with van der Waals surface area (Å²) in [5.74, 6) is -0.896. The van der Waals surface area contributed by atoms with Gasteiger partial charge >= 0.3 is 11.2 Å². The van der Waals surface area contributed by atoms with Crippen LogP contribution >= 0.6 is 0 Å². The molecule has 9 nitrogen and oxygen atoms in total. The van der Waals surface area contributed by atoms with E-state index in [0.717, 1.165) is 16.7 Å². The molecule has 0 saturated carbocycles. The highest BCUT2D eigenvalue weighted by Gasteiger charge is 2.46. The number of hydrogen-bond acceptors (Lipinski definition) is 6. The number of aromatic hydroxyl groups is 1. The molecule has 2 heterocycles. The Hall–Kier alpha value is -3.61. The van der Waals surface area contributed by atoms with Gasteiger partial charge in [0, 0.05) is 13.2 Å². The lowest BCUT2D eigenvalue weighted by molar-refractivity contribution is -0.0436. The van der Waals surface area contributed by atoms with Crippen LogP contribution in [-0.2, 0) is 16.4 Å². The topological polar surface area (TPSA) is 123 Å². The highest BCUT2D eigenvalue weighted by molar-refractivity contribution is 7.92. The fraction of sp³-hybridized carbons (Fsp3) is 0.211. The smallest absolute Gasteiger partial charge is 0.493 e. The molecule has 1 amide bonds. The standard InChI is InChI=1S/C19H17F3N4O5S/c1-11-17(28)26(13-3-5-14(6-4-13)32(30,31)19(20,21)22)18(29)25(11)10-12-7-8-24-15(9-12)16(27)23-2/h3-9,28H,10H2,1-2H3,(H,23,27). The van der Waals surface area contributed by atoms with E-state index in [2.05, 4.69) is 10.3 Å². The maximum atomic E-state index is 12.9. The average Bonchev–Trinajstić information content (AvgIpc) is 2.96. The molecule has 0 unspecified atom stereocenters. The summed E-state index contributed by atoms with van der Waals surface area (Å²) in [6, 6.07) is 6.42. The monoisotopic (exact) mass is 470 g/mol. The van der Waals surface area contributed by atoms with Gasteiger partial charge in [-0.1, -0.05) is 0 Å². The van der Waals surface area contributed by atoms with E-state index in [-0.39, 0.29) is 23.6 Å². The molecule has 0 fully saturated rings. The number of rotatable bonds is 5. The maximum absolute atomic E-state index is 12.9. The Kier molecular flexibility index (Phi) is 5.87. The zero-order valence-electron chi connectivity index (χ0n) is 16.7. The molecule has 3 rings (SSSR count). The molecule has 170 valence electrons. The first-order valence-electron chi connectivity index (χ1n) is 8.98. The molecule has 2 aromatic heterocycles. The van der Waals surface area contributed by atoms with Crippen molar-refractivity contribution < 1.29 is 31.5 Å². The van der Waals surface area contributed by atoms with Gasteiger partial charge < -0.3 is 10.4 Å². The zero-order valence-corrected chi connectivity index (χ0v) is 17.5. The molecule has 13 heteroatoms. The van der Waals surface area contributed by atoms with Crippen molar-refractivity contribution in [2.45, 2.75) is 23.9 Å². The van der Waals surface area contributed by atoms with Crippen LogP contribution in [0.3, 0.4) is 0 Å². The molecular formula is C19H17F3N4O5S. The third-order valence-corrected chi connectivity index (χ3v) is 6.20. The van der Waals surface area contributed by atoms with Crippen LogP contribution in [0.1, 0.15) is 21.7 Å². The number of alkyl halides is 3. The Morgan fingerprint density at radius 1 is 1.19 bits per heavy atom. The minimum absolute atomic E-state index is 0.0295. The van der Waals surface area contributed by atoms with Crippen molar-refractivity contribution in [2.75, 3.05) is 7.05 Å². The summed E-state index contributed by atoms with van der Waals surface area (Å²) in [6.07, 6.45) is 1.39. The number of amides is 1. The van der Waals surface area contributed by atoms with Crippen LogP contribution < -0.4 is 11.0 Å². The van der Waals surface area contributed by atoms with Gasteiger partial charge in [0.1, 0.15) is 5.69 Å². The highest BCUT2D eigenvalue weighted by atomic mass is 32.2. The molecule has 0 spiro atoms. The Balaban J connectivity index is 2.01. The molecule has 0 aliphatic heterocycles. The second kappa shape index (κ2) is 8.15. The number of carbonyl (C=O) groups is 1. The number of sulfone groups is 1. The van der Waals surface area contributed by atoms with Gasteiger partial charge in [0.05, 0.1) is 22.8 Å². The van der Waals surface area contributed by atoms with Crippen molar-refractivity contribution in [1.82, 2.24) is 19.4 Å². The van der Waals surface area contributed by atoms with E-state index >= 15 is 0 Å². The molecule has 1 aromatic carbocycles. The van der Waals surface area contributed by atoms with Gasteiger partial charge in [-0.25, -0.2) is 17.8 Å². The predicted octanol–water partition coefficient (Wildman–Crippen LogP) is 1.75. The number of halogens is 3.